The summed E-state index contributed by atoms with van der Waals surface area (Å²) in [6.45, 7) is 10.8. The Labute approximate surface area is 137 Å². The number of amides is 2. The fourth-order valence-electron chi connectivity index (χ4n) is 1.33. The van der Waals surface area contributed by atoms with Crippen LogP contribution in [0.1, 0.15) is 54.4 Å². The van der Waals surface area contributed by atoms with Crippen molar-refractivity contribution >= 4 is 18.1 Å². The number of carbonyl (C=O) groups is 2. The van der Waals surface area contributed by atoms with E-state index in [1.54, 1.807) is 41.5 Å². The molecule has 8 nitrogen and oxygen atoms in total. The summed E-state index contributed by atoms with van der Waals surface area (Å²) in [5, 5.41) is 14.0. The number of aliphatic imine (C=N–C) groups is 1. The summed E-state index contributed by atoms with van der Waals surface area (Å²) in [7, 11) is 0. The first-order valence-electron chi connectivity index (χ1n) is 7.59. The second kappa shape index (κ2) is 9.34. The van der Waals surface area contributed by atoms with Crippen molar-refractivity contribution in [2.24, 2.45) is 4.99 Å². The van der Waals surface area contributed by atoms with Crippen molar-refractivity contribution in [3.05, 3.63) is 0 Å². The van der Waals surface area contributed by atoms with E-state index < -0.39 is 23.4 Å². The average molecular weight is 331 g/mol. The Morgan fingerprint density at radius 1 is 1.00 bits per heavy atom. The lowest BCUT2D eigenvalue weighted by molar-refractivity contribution is 0.0560. The summed E-state index contributed by atoms with van der Waals surface area (Å²) >= 11 is 0. The SMILES string of the molecule is CC(C)(C)OC(=O)/N=C(\NCCCCO)NC(=O)OC(C)(C)C. The van der Waals surface area contributed by atoms with Gasteiger partial charge in [0.1, 0.15) is 11.2 Å². The molecule has 0 rings (SSSR count). The number of rotatable bonds is 4. The van der Waals surface area contributed by atoms with E-state index in [1.807, 2.05) is 0 Å². The fourth-order valence-corrected chi connectivity index (χ4v) is 1.33. The molecule has 0 aliphatic heterocycles. The highest BCUT2D eigenvalue weighted by Gasteiger charge is 2.20. The van der Waals surface area contributed by atoms with Crippen LogP contribution in [0.3, 0.4) is 0 Å². The molecule has 0 aliphatic rings. The van der Waals surface area contributed by atoms with Crippen LogP contribution >= 0.6 is 0 Å². The Morgan fingerprint density at radius 2 is 1.57 bits per heavy atom. The quantitative estimate of drug-likeness (QED) is 0.414. The van der Waals surface area contributed by atoms with Crippen molar-refractivity contribution in [2.75, 3.05) is 13.2 Å². The maximum atomic E-state index is 11.8. The molecule has 0 aromatic carbocycles. The number of nitrogens with zero attached hydrogens (tertiary/aromatic N) is 1. The van der Waals surface area contributed by atoms with Gasteiger partial charge in [-0.1, -0.05) is 0 Å². The van der Waals surface area contributed by atoms with Gasteiger partial charge in [0, 0.05) is 13.2 Å². The highest BCUT2D eigenvalue weighted by molar-refractivity contribution is 5.98. The number of ether oxygens (including phenoxy) is 2. The van der Waals surface area contributed by atoms with E-state index in [2.05, 4.69) is 15.6 Å². The zero-order valence-corrected chi connectivity index (χ0v) is 14.9. The van der Waals surface area contributed by atoms with E-state index in [-0.39, 0.29) is 12.6 Å². The third kappa shape index (κ3) is 13.5. The van der Waals surface area contributed by atoms with Gasteiger partial charge in [-0.25, -0.2) is 9.59 Å². The number of unbranched alkanes of at least 4 members (excludes halogenated alkanes) is 1. The summed E-state index contributed by atoms with van der Waals surface area (Å²) in [4.78, 5) is 27.2. The monoisotopic (exact) mass is 331 g/mol. The lowest BCUT2D eigenvalue weighted by Gasteiger charge is -2.21. The van der Waals surface area contributed by atoms with Gasteiger partial charge in [0.15, 0.2) is 0 Å². The molecule has 0 saturated carbocycles. The molecule has 0 spiro atoms. The molecule has 0 unspecified atom stereocenters. The van der Waals surface area contributed by atoms with E-state index in [9.17, 15) is 9.59 Å². The lowest BCUT2D eigenvalue weighted by atomic mass is 10.2. The van der Waals surface area contributed by atoms with Crippen LogP contribution in [0.5, 0.6) is 0 Å². The number of hydrogen-bond acceptors (Lipinski definition) is 5. The van der Waals surface area contributed by atoms with Gasteiger partial charge >= 0.3 is 12.2 Å². The summed E-state index contributed by atoms with van der Waals surface area (Å²) in [5.41, 5.74) is -1.35. The summed E-state index contributed by atoms with van der Waals surface area (Å²) in [5.74, 6) is -0.0496. The molecule has 2 amide bonds. The molecule has 0 radical (unpaired) electrons. The largest absolute Gasteiger partial charge is 0.444 e. The molecule has 3 N–H and O–H groups in total. The number of nitrogens with one attached hydrogen (secondary N) is 2. The molecule has 0 aromatic rings. The molecule has 23 heavy (non-hydrogen) atoms. The van der Waals surface area contributed by atoms with Gasteiger partial charge in [0.25, 0.3) is 0 Å². The first kappa shape index (κ1) is 21.2. The van der Waals surface area contributed by atoms with Crippen molar-refractivity contribution < 1.29 is 24.2 Å². The zero-order valence-electron chi connectivity index (χ0n) is 14.9. The molecule has 0 fully saturated rings. The molecule has 8 heteroatoms. The molecular weight excluding hydrogens is 302 g/mol. The van der Waals surface area contributed by atoms with Crippen molar-refractivity contribution in [3.63, 3.8) is 0 Å². The van der Waals surface area contributed by atoms with Crippen LogP contribution in [-0.4, -0.2) is 47.6 Å². The van der Waals surface area contributed by atoms with Gasteiger partial charge in [-0.3, -0.25) is 5.32 Å². The van der Waals surface area contributed by atoms with Crippen molar-refractivity contribution in [2.45, 2.75) is 65.6 Å². The van der Waals surface area contributed by atoms with E-state index in [1.165, 1.54) is 0 Å². The van der Waals surface area contributed by atoms with Crippen LogP contribution in [-0.2, 0) is 9.47 Å². The van der Waals surface area contributed by atoms with Crippen LogP contribution < -0.4 is 10.6 Å². The first-order chi connectivity index (χ1) is 10.4. The Hall–Kier alpha value is -1.83. The van der Waals surface area contributed by atoms with Crippen LogP contribution in [0.15, 0.2) is 4.99 Å². The molecule has 0 saturated heterocycles. The Morgan fingerprint density at radius 3 is 2.04 bits per heavy atom. The van der Waals surface area contributed by atoms with Gasteiger partial charge in [-0.2, -0.15) is 0 Å². The predicted molar refractivity (Wildman–Crippen MR) is 87.4 cm³/mol. The van der Waals surface area contributed by atoms with Crippen LogP contribution in [0.2, 0.25) is 0 Å². The van der Waals surface area contributed by atoms with Crippen molar-refractivity contribution in [1.29, 1.82) is 0 Å². The Bertz CT molecular complexity index is 422. The standard InChI is InChI=1S/C15H29N3O5/c1-14(2,3)22-12(20)17-11(16-9-7-8-10-19)18-13(21)23-15(4,5)6/h19H,7-10H2,1-6H3,(H2,16,17,18,20,21). The van der Waals surface area contributed by atoms with Gasteiger partial charge in [-0.15, -0.1) is 4.99 Å². The second-order valence-electron chi connectivity index (χ2n) is 6.93. The fraction of sp³-hybridized carbons (Fsp3) is 0.800. The third-order valence-corrected chi connectivity index (χ3v) is 2.09. The molecule has 0 aliphatic carbocycles. The van der Waals surface area contributed by atoms with E-state index in [0.29, 0.717) is 19.4 Å². The Balaban J connectivity index is 4.79. The van der Waals surface area contributed by atoms with E-state index >= 15 is 0 Å². The normalized spacial score (nSPS) is 12.6. The molecule has 0 heterocycles. The Kier molecular flexibility index (Phi) is 8.60. The van der Waals surface area contributed by atoms with Crippen LogP contribution in [0.4, 0.5) is 9.59 Å². The van der Waals surface area contributed by atoms with Crippen molar-refractivity contribution in [1.82, 2.24) is 10.6 Å². The molecule has 134 valence electrons. The number of guanidine groups is 1. The topological polar surface area (TPSA) is 109 Å². The van der Waals surface area contributed by atoms with Gasteiger partial charge in [0.2, 0.25) is 5.96 Å². The number of aliphatic hydroxyl groups is 1. The van der Waals surface area contributed by atoms with Crippen LogP contribution in [0, 0.1) is 0 Å². The van der Waals surface area contributed by atoms with E-state index in [0.717, 1.165) is 0 Å². The van der Waals surface area contributed by atoms with Crippen molar-refractivity contribution in [3.8, 4) is 0 Å². The second-order valence-corrected chi connectivity index (χ2v) is 6.93. The molecule has 0 aromatic heterocycles. The number of alkyl carbamates (subject to hydrolysis) is 1. The smallest absolute Gasteiger partial charge is 0.437 e. The van der Waals surface area contributed by atoms with Gasteiger partial charge < -0.3 is 19.9 Å². The maximum absolute atomic E-state index is 11.8. The van der Waals surface area contributed by atoms with Crippen LogP contribution in [0.25, 0.3) is 0 Å². The first-order valence-corrected chi connectivity index (χ1v) is 7.59. The molecule has 0 atom stereocenters. The highest BCUT2D eigenvalue weighted by Crippen LogP contribution is 2.08. The highest BCUT2D eigenvalue weighted by atomic mass is 16.6. The minimum Gasteiger partial charge on any atom is -0.444 e. The number of carbonyl (C=O) groups excluding carboxylic acids is 2. The summed E-state index contributed by atoms with van der Waals surface area (Å²) < 4.78 is 10.2. The summed E-state index contributed by atoms with van der Waals surface area (Å²) in [6.07, 6.45) is -0.299. The lowest BCUT2D eigenvalue weighted by Crippen LogP contribution is -2.44. The van der Waals surface area contributed by atoms with Gasteiger partial charge in [0.05, 0.1) is 0 Å². The van der Waals surface area contributed by atoms with E-state index in [4.69, 9.17) is 14.6 Å². The third-order valence-electron chi connectivity index (χ3n) is 2.09. The summed E-state index contributed by atoms with van der Waals surface area (Å²) in [6, 6.07) is 0. The molecule has 0 bridgehead atoms. The number of hydrogen-bond donors (Lipinski definition) is 3. The minimum absolute atomic E-state index is 0.0496. The average Bonchev–Trinajstić information content (AvgIpc) is 2.29. The predicted octanol–water partition coefficient (Wildman–Crippen LogP) is 2.16. The molecular formula is C15H29N3O5. The van der Waals surface area contributed by atoms with Gasteiger partial charge in [-0.05, 0) is 54.4 Å². The zero-order chi connectivity index (χ0) is 18.1. The maximum Gasteiger partial charge on any atom is 0.437 e. The minimum atomic E-state index is -0.821. The number of aliphatic hydroxyl groups excluding tert-OH is 1.